The summed E-state index contributed by atoms with van der Waals surface area (Å²) in [5, 5.41) is 19.6. The topological polar surface area (TPSA) is 109 Å². The number of carbonyl (C=O) groups is 2. The number of aryl methyl sites for hydroxylation is 1. The molecule has 0 aliphatic rings. The van der Waals surface area contributed by atoms with Crippen LogP contribution in [0, 0.1) is 6.92 Å². The van der Waals surface area contributed by atoms with Crippen molar-refractivity contribution in [1.82, 2.24) is 10.3 Å². The third-order valence-corrected chi connectivity index (χ3v) is 4.37. The van der Waals surface area contributed by atoms with Crippen molar-refractivity contribution in [3.63, 3.8) is 0 Å². The number of carboxylic acid groups (broad SMARTS) is 1. The van der Waals surface area contributed by atoms with Crippen LogP contribution in [0.2, 0.25) is 0 Å². The number of aromatic nitrogens is 1. The molecule has 0 bridgehead atoms. The molecule has 1 aromatic heterocycles. The van der Waals surface area contributed by atoms with Crippen molar-refractivity contribution in [3.8, 4) is 17.2 Å². The van der Waals surface area contributed by atoms with Gasteiger partial charge in [0.2, 0.25) is 0 Å². The van der Waals surface area contributed by atoms with Crippen LogP contribution in [0.1, 0.15) is 21.7 Å². The van der Waals surface area contributed by atoms with Crippen LogP contribution in [0.3, 0.4) is 0 Å². The van der Waals surface area contributed by atoms with Gasteiger partial charge < -0.3 is 20.3 Å². The molecular formula is C20H15B3N2O5. The number of ether oxygens (including phenoxy) is 1. The van der Waals surface area contributed by atoms with Gasteiger partial charge in [-0.05, 0) is 43.6 Å². The Hall–Kier alpha value is -3.42. The number of rotatable bonds is 6. The fraction of sp³-hybridized carbons (Fsp3) is 0.150. The van der Waals surface area contributed by atoms with E-state index < -0.39 is 28.7 Å². The summed E-state index contributed by atoms with van der Waals surface area (Å²) >= 11 is 0. The van der Waals surface area contributed by atoms with Gasteiger partial charge in [-0.2, -0.15) is 0 Å². The van der Waals surface area contributed by atoms with Gasteiger partial charge in [0.05, 0.1) is 13.2 Å². The zero-order valence-electron chi connectivity index (χ0n) is 16.0. The summed E-state index contributed by atoms with van der Waals surface area (Å²) in [5.41, 5.74) is 0.932. The Morgan fingerprint density at radius 3 is 2.33 bits per heavy atom. The third kappa shape index (κ3) is 4.27. The van der Waals surface area contributed by atoms with Crippen molar-refractivity contribution in [1.29, 1.82) is 0 Å². The number of pyridine rings is 1. The zero-order valence-corrected chi connectivity index (χ0v) is 16.0. The molecular weight excluding hydrogens is 381 g/mol. The van der Waals surface area contributed by atoms with Gasteiger partial charge in [0.15, 0.2) is 11.4 Å². The Morgan fingerprint density at radius 2 is 1.73 bits per heavy atom. The quantitative estimate of drug-likeness (QED) is 0.546. The van der Waals surface area contributed by atoms with E-state index in [1.807, 2.05) is 36.5 Å². The molecule has 2 aromatic carbocycles. The normalized spacial score (nSPS) is 11.2. The van der Waals surface area contributed by atoms with E-state index in [4.69, 9.17) is 33.4 Å². The third-order valence-electron chi connectivity index (χ3n) is 4.37. The van der Waals surface area contributed by atoms with Crippen LogP contribution in [0.15, 0.2) is 42.5 Å². The molecule has 0 aliphatic heterocycles. The number of benzene rings is 2. The Kier molecular flexibility index (Phi) is 5.78. The van der Waals surface area contributed by atoms with Crippen molar-refractivity contribution < 1.29 is 24.5 Å². The average molecular weight is 396 g/mol. The molecule has 0 saturated heterocycles. The van der Waals surface area contributed by atoms with Crippen LogP contribution in [0.25, 0.3) is 10.8 Å². The second-order valence-corrected chi connectivity index (χ2v) is 6.71. The molecule has 144 valence electrons. The van der Waals surface area contributed by atoms with E-state index >= 15 is 0 Å². The predicted molar refractivity (Wildman–Crippen MR) is 113 cm³/mol. The fourth-order valence-corrected chi connectivity index (χ4v) is 2.76. The highest BCUT2D eigenvalue weighted by atomic mass is 16.5. The number of aromatic hydroxyl groups is 1. The van der Waals surface area contributed by atoms with Gasteiger partial charge in [-0.15, -0.1) is 0 Å². The minimum Gasteiger partial charge on any atom is -0.505 e. The van der Waals surface area contributed by atoms with E-state index in [0.29, 0.717) is 16.9 Å². The maximum absolute atomic E-state index is 12.4. The maximum atomic E-state index is 12.4. The van der Waals surface area contributed by atoms with Crippen molar-refractivity contribution in [2.75, 3.05) is 0 Å². The first kappa shape index (κ1) is 21.3. The average Bonchev–Trinajstić information content (AvgIpc) is 2.69. The van der Waals surface area contributed by atoms with Gasteiger partial charge in [-0.3, -0.25) is 9.59 Å². The summed E-state index contributed by atoms with van der Waals surface area (Å²) in [4.78, 5) is 27.5. The van der Waals surface area contributed by atoms with E-state index in [1.54, 1.807) is 18.2 Å². The Bertz CT molecular complexity index is 1130. The van der Waals surface area contributed by atoms with Crippen molar-refractivity contribution >= 4 is 46.2 Å². The van der Waals surface area contributed by atoms with Crippen LogP contribution in [0.4, 0.5) is 0 Å². The van der Waals surface area contributed by atoms with E-state index in [0.717, 1.165) is 5.56 Å². The smallest absolute Gasteiger partial charge is 0.310 e. The summed E-state index contributed by atoms with van der Waals surface area (Å²) in [7, 11) is 16.4. The summed E-state index contributed by atoms with van der Waals surface area (Å²) in [6, 6.07) is 12.2. The highest BCUT2D eigenvalue weighted by molar-refractivity contribution is 6.51. The lowest BCUT2D eigenvalue weighted by molar-refractivity contribution is -0.138. The molecule has 10 heteroatoms. The Morgan fingerprint density at radius 1 is 1.10 bits per heavy atom. The molecule has 7 nitrogen and oxygen atoms in total. The maximum Gasteiger partial charge on any atom is 0.310 e. The van der Waals surface area contributed by atoms with Gasteiger partial charge in [-0.1, -0.05) is 17.7 Å². The van der Waals surface area contributed by atoms with E-state index in [9.17, 15) is 14.7 Å². The van der Waals surface area contributed by atoms with E-state index in [1.165, 1.54) is 0 Å². The first-order valence-corrected chi connectivity index (χ1v) is 8.86. The van der Waals surface area contributed by atoms with Crippen molar-refractivity contribution in [2.45, 2.75) is 18.6 Å². The summed E-state index contributed by atoms with van der Waals surface area (Å²) in [5.74, 6) is -2.08. The molecule has 3 N–H and O–H groups in total. The zero-order chi connectivity index (χ0) is 22.1. The van der Waals surface area contributed by atoms with Crippen molar-refractivity contribution in [2.24, 2.45) is 0 Å². The lowest BCUT2D eigenvalue weighted by Gasteiger charge is -2.22. The monoisotopic (exact) mass is 396 g/mol. The number of carbonyl (C=O) groups excluding carboxylic acids is 1. The molecule has 0 saturated carbocycles. The highest BCUT2D eigenvalue weighted by Crippen LogP contribution is 2.34. The first-order chi connectivity index (χ1) is 14.1. The van der Waals surface area contributed by atoms with Crippen LogP contribution in [-0.2, 0) is 11.1 Å². The standard InChI is InChI=1S/C20H15B3N2O5/c1-10-2-4-11(5-3-10)30-12-6-7-13-14(8-12)15(9-21)24-16(17(13)26)18(27)25-20(22,23)19(28)29/h2-8,26H,9H2,1H3,(H,25,27)(H,28,29). The number of aliphatic carboxylic acids is 1. The molecule has 1 amide bonds. The van der Waals surface area contributed by atoms with Crippen LogP contribution in [0.5, 0.6) is 17.2 Å². The SMILES string of the molecule is [B]Cc1nc(C(=O)NC([B])([B])C(=O)O)c(O)c2ccc(Oc3ccc(C)cc3)cc12. The molecule has 3 rings (SSSR count). The molecule has 0 unspecified atom stereocenters. The van der Waals surface area contributed by atoms with E-state index in [2.05, 4.69) is 4.98 Å². The Balaban J connectivity index is 2.01. The number of hydrogen-bond acceptors (Lipinski definition) is 5. The van der Waals surface area contributed by atoms with Gasteiger partial charge in [0, 0.05) is 16.5 Å². The van der Waals surface area contributed by atoms with Gasteiger partial charge in [-0.25, -0.2) is 4.98 Å². The van der Waals surface area contributed by atoms with Crippen LogP contribution < -0.4 is 10.1 Å². The molecule has 6 radical (unpaired) electrons. The molecule has 0 spiro atoms. The minimum atomic E-state index is -2.53. The summed E-state index contributed by atoms with van der Waals surface area (Å²) in [6.07, 6.45) is -0.0552. The number of amides is 1. The first-order valence-electron chi connectivity index (χ1n) is 8.86. The van der Waals surface area contributed by atoms with Crippen LogP contribution in [-0.4, -0.2) is 55.9 Å². The number of fused-ring (bicyclic) bond motifs is 1. The summed E-state index contributed by atoms with van der Waals surface area (Å²) < 4.78 is 5.82. The Labute approximate surface area is 176 Å². The van der Waals surface area contributed by atoms with E-state index in [-0.39, 0.29) is 17.4 Å². The highest BCUT2D eigenvalue weighted by Gasteiger charge is 2.30. The van der Waals surface area contributed by atoms with Crippen LogP contribution >= 0.6 is 0 Å². The molecule has 0 aliphatic carbocycles. The second kappa shape index (κ2) is 8.14. The molecule has 1 heterocycles. The second-order valence-electron chi connectivity index (χ2n) is 6.71. The van der Waals surface area contributed by atoms with Gasteiger partial charge >= 0.3 is 5.97 Å². The molecule has 0 fully saturated rings. The molecule has 30 heavy (non-hydrogen) atoms. The lowest BCUT2D eigenvalue weighted by atomic mass is 9.62. The number of carboxylic acids is 1. The summed E-state index contributed by atoms with van der Waals surface area (Å²) in [6.45, 7) is 1.96. The largest absolute Gasteiger partial charge is 0.505 e. The van der Waals surface area contributed by atoms with Crippen molar-refractivity contribution in [3.05, 3.63) is 59.4 Å². The number of nitrogens with zero attached hydrogens (tertiary/aromatic N) is 1. The molecule has 0 atom stereocenters. The van der Waals surface area contributed by atoms with Gasteiger partial charge in [0.1, 0.15) is 27.2 Å². The molecule has 3 aromatic rings. The van der Waals surface area contributed by atoms with Gasteiger partial charge in [0.25, 0.3) is 5.91 Å². The predicted octanol–water partition coefficient (Wildman–Crippen LogP) is 1.51. The fourth-order valence-electron chi connectivity index (χ4n) is 2.76. The number of hydrogen-bond donors (Lipinski definition) is 3. The number of nitrogens with one attached hydrogen (secondary N) is 1. The lowest BCUT2D eigenvalue weighted by Crippen LogP contribution is -2.55. The minimum absolute atomic E-state index is 0.0552.